The molecular weight excluding hydrogens is 619 g/mol. The molecule has 0 saturated heterocycles. The Hall–Kier alpha value is -6.84. The number of aromatic nitrogens is 3. The van der Waals surface area contributed by atoms with Crippen LogP contribution in [0.4, 0.5) is 0 Å². The molecule has 8 aromatic carbocycles. The molecule has 11 rings (SSSR count). The highest BCUT2D eigenvalue weighted by molar-refractivity contribution is 6.15. The summed E-state index contributed by atoms with van der Waals surface area (Å²) in [5.74, 6) is 0. The number of rotatable bonds is 4. The molecule has 0 amide bonds. The smallest absolute Gasteiger partial charge is 0.0544 e. The highest BCUT2D eigenvalue weighted by Gasteiger charge is 2.17. The van der Waals surface area contributed by atoms with Crippen LogP contribution in [-0.4, -0.2) is 14.1 Å². The summed E-state index contributed by atoms with van der Waals surface area (Å²) in [6.45, 7) is 0. The predicted molar refractivity (Wildman–Crippen MR) is 215 cm³/mol. The minimum Gasteiger partial charge on any atom is -0.354 e. The van der Waals surface area contributed by atoms with Crippen LogP contribution in [0.3, 0.4) is 0 Å². The molecule has 3 heteroatoms. The molecule has 0 bridgehead atoms. The Bertz CT molecular complexity index is 3070. The van der Waals surface area contributed by atoms with E-state index in [2.05, 4.69) is 196 Å². The van der Waals surface area contributed by atoms with E-state index in [1.807, 2.05) is 0 Å². The zero-order chi connectivity index (χ0) is 33.5. The second-order valence-corrected chi connectivity index (χ2v) is 13.5. The van der Waals surface area contributed by atoms with Crippen molar-refractivity contribution in [2.24, 2.45) is 0 Å². The van der Waals surface area contributed by atoms with Crippen LogP contribution in [0.15, 0.2) is 182 Å². The fourth-order valence-electron chi connectivity index (χ4n) is 8.34. The van der Waals surface area contributed by atoms with Crippen molar-refractivity contribution in [2.45, 2.75) is 0 Å². The van der Waals surface area contributed by atoms with Crippen molar-refractivity contribution in [3.63, 3.8) is 0 Å². The van der Waals surface area contributed by atoms with E-state index >= 15 is 0 Å². The van der Waals surface area contributed by atoms with Crippen molar-refractivity contribution in [1.29, 1.82) is 0 Å². The Balaban J connectivity index is 1.09. The lowest BCUT2D eigenvalue weighted by atomic mass is 9.99. The Morgan fingerprint density at radius 2 is 0.824 bits per heavy atom. The number of para-hydroxylation sites is 5. The first-order valence-corrected chi connectivity index (χ1v) is 17.5. The van der Waals surface area contributed by atoms with Crippen LogP contribution in [0.5, 0.6) is 0 Å². The number of nitrogens with zero attached hydrogens (tertiary/aromatic N) is 2. The van der Waals surface area contributed by atoms with Gasteiger partial charge in [-0.25, -0.2) is 0 Å². The number of aromatic amines is 1. The maximum Gasteiger partial charge on any atom is 0.0544 e. The van der Waals surface area contributed by atoms with E-state index in [9.17, 15) is 0 Å². The molecule has 3 heterocycles. The molecule has 238 valence electrons. The summed E-state index contributed by atoms with van der Waals surface area (Å²) in [5, 5.41) is 7.54. The van der Waals surface area contributed by atoms with Gasteiger partial charge < -0.3 is 14.1 Å². The molecular formula is C48H31N3. The van der Waals surface area contributed by atoms with Crippen molar-refractivity contribution >= 4 is 65.4 Å². The fraction of sp³-hybridized carbons (Fsp3) is 0. The molecule has 0 unspecified atom stereocenters. The van der Waals surface area contributed by atoms with Gasteiger partial charge in [0.1, 0.15) is 0 Å². The van der Waals surface area contributed by atoms with E-state index in [1.165, 1.54) is 82.2 Å². The summed E-state index contributed by atoms with van der Waals surface area (Å²) in [4.78, 5) is 3.72. The first-order chi connectivity index (χ1) is 25.3. The monoisotopic (exact) mass is 649 g/mol. The number of hydrogen-bond acceptors (Lipinski definition) is 0. The van der Waals surface area contributed by atoms with Crippen LogP contribution in [0.2, 0.25) is 0 Å². The minimum atomic E-state index is 1.16. The zero-order valence-corrected chi connectivity index (χ0v) is 27.7. The molecule has 1 N–H and O–H groups in total. The van der Waals surface area contributed by atoms with Crippen LogP contribution < -0.4 is 0 Å². The van der Waals surface area contributed by atoms with Crippen molar-refractivity contribution in [3.8, 4) is 33.6 Å². The molecule has 0 radical (unpaired) electrons. The maximum atomic E-state index is 3.72. The summed E-state index contributed by atoms with van der Waals surface area (Å²) in [7, 11) is 0. The summed E-state index contributed by atoms with van der Waals surface area (Å²) in [6.07, 6.45) is 0. The summed E-state index contributed by atoms with van der Waals surface area (Å²) in [5.41, 5.74) is 14.3. The van der Waals surface area contributed by atoms with Crippen molar-refractivity contribution in [1.82, 2.24) is 14.1 Å². The lowest BCUT2D eigenvalue weighted by Gasteiger charge is -2.10. The SMILES string of the molecule is c1ccc(-n2c3ccc(-c4ccc(-n5c6ccccc6c6ccccc65)cc4)cc3c3cc(-c4cccc5c4[nH]c4ccccc45)ccc32)cc1. The number of hydrogen-bond donors (Lipinski definition) is 1. The second-order valence-electron chi connectivity index (χ2n) is 13.5. The lowest BCUT2D eigenvalue weighted by Crippen LogP contribution is -1.94. The molecule has 11 aromatic rings. The normalized spacial score (nSPS) is 11.9. The molecule has 3 nitrogen and oxygen atoms in total. The standard InChI is InChI=1S/C48H31N3/c1-2-11-34(12-3-1)50-46-27-23-32(31-21-25-35(26-22-31)51-44-19-8-5-14-38(44)39-15-6-9-20-45(39)51)29-41(46)42-30-33(24-28-47(42)50)36-16-10-17-40-37-13-4-7-18-43(37)49-48(36)40/h1-30,49H. The molecule has 0 saturated carbocycles. The number of H-pyrrole nitrogens is 1. The lowest BCUT2D eigenvalue weighted by molar-refractivity contribution is 1.18. The van der Waals surface area contributed by atoms with Gasteiger partial charge in [0.2, 0.25) is 0 Å². The van der Waals surface area contributed by atoms with Crippen LogP contribution in [-0.2, 0) is 0 Å². The highest BCUT2D eigenvalue weighted by atomic mass is 15.0. The van der Waals surface area contributed by atoms with E-state index in [0.717, 1.165) is 16.9 Å². The van der Waals surface area contributed by atoms with Gasteiger partial charge in [0.05, 0.1) is 27.6 Å². The van der Waals surface area contributed by atoms with Crippen molar-refractivity contribution in [2.75, 3.05) is 0 Å². The van der Waals surface area contributed by atoms with E-state index in [1.54, 1.807) is 0 Å². The number of benzene rings is 8. The van der Waals surface area contributed by atoms with Gasteiger partial charge in [-0.2, -0.15) is 0 Å². The van der Waals surface area contributed by atoms with Gasteiger partial charge in [0, 0.05) is 54.8 Å². The average molecular weight is 650 g/mol. The first-order valence-electron chi connectivity index (χ1n) is 17.5. The highest BCUT2D eigenvalue weighted by Crippen LogP contribution is 2.40. The third-order valence-electron chi connectivity index (χ3n) is 10.7. The van der Waals surface area contributed by atoms with Crippen LogP contribution >= 0.6 is 0 Å². The van der Waals surface area contributed by atoms with Gasteiger partial charge in [0.25, 0.3) is 0 Å². The molecule has 0 aliphatic heterocycles. The second kappa shape index (κ2) is 10.8. The third-order valence-corrected chi connectivity index (χ3v) is 10.7. The molecule has 0 spiro atoms. The topological polar surface area (TPSA) is 25.6 Å². The molecule has 0 aliphatic rings. The molecule has 0 atom stereocenters. The van der Waals surface area contributed by atoms with Crippen LogP contribution in [0.25, 0.3) is 99.0 Å². The van der Waals surface area contributed by atoms with Gasteiger partial charge in [-0.15, -0.1) is 0 Å². The summed E-state index contributed by atoms with van der Waals surface area (Å²) in [6, 6.07) is 66.2. The average Bonchev–Trinajstić information content (AvgIpc) is 3.86. The predicted octanol–water partition coefficient (Wildman–Crippen LogP) is 12.8. The van der Waals surface area contributed by atoms with Crippen molar-refractivity contribution in [3.05, 3.63) is 182 Å². The number of nitrogens with one attached hydrogen (secondary N) is 1. The minimum absolute atomic E-state index is 1.16. The number of fused-ring (bicyclic) bond motifs is 9. The van der Waals surface area contributed by atoms with Gasteiger partial charge in [-0.1, -0.05) is 115 Å². The Morgan fingerprint density at radius 1 is 0.314 bits per heavy atom. The molecule has 3 aromatic heterocycles. The van der Waals surface area contributed by atoms with E-state index in [0.29, 0.717) is 0 Å². The third kappa shape index (κ3) is 4.19. The Kier molecular flexibility index (Phi) is 5.96. The van der Waals surface area contributed by atoms with Crippen molar-refractivity contribution < 1.29 is 0 Å². The summed E-state index contributed by atoms with van der Waals surface area (Å²) < 4.78 is 4.77. The van der Waals surface area contributed by atoms with Gasteiger partial charge in [-0.3, -0.25) is 0 Å². The summed E-state index contributed by atoms with van der Waals surface area (Å²) >= 11 is 0. The van der Waals surface area contributed by atoms with Gasteiger partial charge in [0.15, 0.2) is 0 Å². The van der Waals surface area contributed by atoms with E-state index < -0.39 is 0 Å². The van der Waals surface area contributed by atoms with Gasteiger partial charge in [-0.05, 0) is 83.4 Å². The fourth-order valence-corrected chi connectivity index (χ4v) is 8.34. The zero-order valence-electron chi connectivity index (χ0n) is 27.7. The Morgan fingerprint density at radius 3 is 1.53 bits per heavy atom. The molecule has 51 heavy (non-hydrogen) atoms. The van der Waals surface area contributed by atoms with Crippen LogP contribution in [0, 0.1) is 0 Å². The maximum absolute atomic E-state index is 3.72. The van der Waals surface area contributed by atoms with E-state index in [-0.39, 0.29) is 0 Å². The Labute approximate surface area is 294 Å². The van der Waals surface area contributed by atoms with Crippen LogP contribution in [0.1, 0.15) is 0 Å². The van der Waals surface area contributed by atoms with E-state index in [4.69, 9.17) is 0 Å². The quantitative estimate of drug-likeness (QED) is 0.196. The molecule has 0 aliphatic carbocycles. The largest absolute Gasteiger partial charge is 0.354 e. The molecule has 0 fully saturated rings. The first kappa shape index (κ1) is 28.0. The van der Waals surface area contributed by atoms with Gasteiger partial charge >= 0.3 is 0 Å².